The van der Waals surface area contributed by atoms with Crippen molar-refractivity contribution in [3.8, 4) is 0 Å². The van der Waals surface area contributed by atoms with Gasteiger partial charge < -0.3 is 18.9 Å². The topological polar surface area (TPSA) is 77.7 Å². The molecule has 0 radical (unpaired) electrons. The molecule has 5 fully saturated rings. The lowest BCUT2D eigenvalue weighted by molar-refractivity contribution is -0.152. The van der Waals surface area contributed by atoms with Crippen LogP contribution in [0.4, 0.5) is 0 Å². The van der Waals surface area contributed by atoms with E-state index in [1.165, 1.54) is 0 Å². The maximum Gasteiger partial charge on any atom is 0.309 e. The molecular weight excluding hydrogens is 360 g/mol. The lowest BCUT2D eigenvalue weighted by Crippen LogP contribution is -2.29. The Balaban J connectivity index is 1.01. The summed E-state index contributed by atoms with van der Waals surface area (Å²) in [6.07, 6.45) is 11.2. The standard InChI is InChI=1S/C22H32O6/c23-21(15-4-6-17-19(9-15)27-17)25-11-13-2-1-3-14(8-13)12-26-22(24)16-5-7-18-20(10-16)28-18/h13-20H,1-12H2. The molecule has 0 amide bonds. The van der Waals surface area contributed by atoms with Crippen LogP contribution < -0.4 is 0 Å². The summed E-state index contributed by atoms with van der Waals surface area (Å²) in [7, 11) is 0. The second-order valence-electron chi connectivity index (χ2n) is 9.60. The Hall–Kier alpha value is -1.14. The first-order valence-electron chi connectivity index (χ1n) is 11.3. The lowest BCUT2D eigenvalue weighted by Gasteiger charge is -2.29. The third-order valence-corrected chi connectivity index (χ3v) is 7.49. The molecule has 2 saturated heterocycles. The molecule has 0 aromatic rings. The van der Waals surface area contributed by atoms with Gasteiger partial charge in [0.05, 0.1) is 49.5 Å². The van der Waals surface area contributed by atoms with Gasteiger partial charge in [-0.05, 0) is 69.6 Å². The fraction of sp³-hybridized carbons (Fsp3) is 0.909. The van der Waals surface area contributed by atoms with E-state index in [0.29, 0.717) is 49.5 Å². The average molecular weight is 392 g/mol. The molecule has 8 unspecified atom stereocenters. The van der Waals surface area contributed by atoms with Crippen LogP contribution in [-0.2, 0) is 28.5 Å². The summed E-state index contributed by atoms with van der Waals surface area (Å²) >= 11 is 0. The number of carbonyl (C=O) groups excluding carboxylic acids is 2. The summed E-state index contributed by atoms with van der Waals surface area (Å²) in [6.45, 7) is 1.02. The highest BCUT2D eigenvalue weighted by Crippen LogP contribution is 2.41. The molecule has 6 heteroatoms. The molecule has 5 rings (SSSR count). The smallest absolute Gasteiger partial charge is 0.309 e. The average Bonchev–Trinajstić information content (AvgIpc) is 3.63. The predicted molar refractivity (Wildman–Crippen MR) is 99.4 cm³/mol. The quantitative estimate of drug-likeness (QED) is 0.511. The number of ether oxygens (including phenoxy) is 4. The lowest BCUT2D eigenvalue weighted by atomic mass is 9.82. The van der Waals surface area contributed by atoms with Crippen molar-refractivity contribution in [2.45, 2.75) is 88.6 Å². The van der Waals surface area contributed by atoms with Crippen LogP contribution in [0.2, 0.25) is 0 Å². The van der Waals surface area contributed by atoms with Crippen molar-refractivity contribution in [1.29, 1.82) is 0 Å². The molecule has 5 aliphatic rings. The number of fused-ring (bicyclic) bond motifs is 2. The van der Waals surface area contributed by atoms with E-state index in [4.69, 9.17) is 18.9 Å². The van der Waals surface area contributed by atoms with Gasteiger partial charge in [-0.2, -0.15) is 0 Å². The molecule has 28 heavy (non-hydrogen) atoms. The zero-order valence-electron chi connectivity index (χ0n) is 16.6. The molecule has 0 N–H and O–H groups in total. The second-order valence-corrected chi connectivity index (χ2v) is 9.60. The molecule has 3 saturated carbocycles. The van der Waals surface area contributed by atoms with Crippen LogP contribution >= 0.6 is 0 Å². The van der Waals surface area contributed by atoms with E-state index < -0.39 is 0 Å². The van der Waals surface area contributed by atoms with Crippen LogP contribution in [0.15, 0.2) is 0 Å². The minimum Gasteiger partial charge on any atom is -0.465 e. The fourth-order valence-corrected chi connectivity index (χ4v) is 5.58. The van der Waals surface area contributed by atoms with Gasteiger partial charge in [0.1, 0.15) is 0 Å². The third kappa shape index (κ3) is 4.38. The van der Waals surface area contributed by atoms with E-state index in [0.717, 1.165) is 64.2 Å². The Bertz CT molecular complexity index is 556. The van der Waals surface area contributed by atoms with Crippen molar-refractivity contribution in [3.05, 3.63) is 0 Å². The van der Waals surface area contributed by atoms with Crippen molar-refractivity contribution >= 4 is 11.9 Å². The van der Waals surface area contributed by atoms with Crippen LogP contribution in [0.3, 0.4) is 0 Å². The molecule has 0 bridgehead atoms. The fourth-order valence-electron chi connectivity index (χ4n) is 5.58. The maximum atomic E-state index is 12.3. The summed E-state index contributed by atoms with van der Waals surface area (Å²) in [5.41, 5.74) is 0. The van der Waals surface area contributed by atoms with E-state index in [9.17, 15) is 9.59 Å². The van der Waals surface area contributed by atoms with Crippen LogP contribution in [-0.4, -0.2) is 49.6 Å². The number of epoxide rings is 2. The van der Waals surface area contributed by atoms with Crippen LogP contribution in [0.25, 0.3) is 0 Å². The zero-order chi connectivity index (χ0) is 19.1. The van der Waals surface area contributed by atoms with Gasteiger partial charge in [-0.3, -0.25) is 9.59 Å². The highest BCUT2D eigenvalue weighted by Gasteiger charge is 2.47. The third-order valence-electron chi connectivity index (χ3n) is 7.49. The maximum absolute atomic E-state index is 12.3. The Morgan fingerprint density at radius 2 is 1.14 bits per heavy atom. The molecule has 156 valence electrons. The first kappa shape index (κ1) is 18.9. The molecule has 6 nitrogen and oxygen atoms in total. The van der Waals surface area contributed by atoms with Gasteiger partial charge in [0.25, 0.3) is 0 Å². The minimum absolute atomic E-state index is 0.0228. The molecule has 8 atom stereocenters. The summed E-state index contributed by atoms with van der Waals surface area (Å²) < 4.78 is 22.3. The monoisotopic (exact) mass is 392 g/mol. The first-order chi connectivity index (χ1) is 13.7. The van der Waals surface area contributed by atoms with Gasteiger partial charge in [-0.15, -0.1) is 0 Å². The van der Waals surface area contributed by atoms with Crippen molar-refractivity contribution in [2.24, 2.45) is 23.7 Å². The Morgan fingerprint density at radius 1 is 0.643 bits per heavy atom. The van der Waals surface area contributed by atoms with E-state index >= 15 is 0 Å². The van der Waals surface area contributed by atoms with Crippen molar-refractivity contribution in [1.82, 2.24) is 0 Å². The summed E-state index contributed by atoms with van der Waals surface area (Å²) in [6, 6.07) is 0. The van der Waals surface area contributed by atoms with Crippen molar-refractivity contribution in [2.75, 3.05) is 13.2 Å². The van der Waals surface area contributed by atoms with Gasteiger partial charge in [0.2, 0.25) is 0 Å². The number of hydrogen-bond acceptors (Lipinski definition) is 6. The van der Waals surface area contributed by atoms with Crippen molar-refractivity contribution < 1.29 is 28.5 Å². The van der Waals surface area contributed by atoms with Gasteiger partial charge >= 0.3 is 11.9 Å². The van der Waals surface area contributed by atoms with Gasteiger partial charge in [-0.25, -0.2) is 0 Å². The number of rotatable bonds is 6. The zero-order valence-corrected chi connectivity index (χ0v) is 16.6. The number of hydrogen-bond donors (Lipinski definition) is 0. The highest BCUT2D eigenvalue weighted by atomic mass is 16.6. The van der Waals surface area contributed by atoms with Gasteiger partial charge in [0, 0.05) is 0 Å². The molecule has 3 aliphatic carbocycles. The Labute approximate surface area is 166 Å². The largest absolute Gasteiger partial charge is 0.465 e. The van der Waals surface area contributed by atoms with Gasteiger partial charge in [-0.1, -0.05) is 6.42 Å². The summed E-state index contributed by atoms with van der Waals surface area (Å²) in [4.78, 5) is 24.7. The summed E-state index contributed by atoms with van der Waals surface area (Å²) in [5, 5.41) is 0. The normalized spacial score (nSPS) is 44.0. The SMILES string of the molecule is O=C(OCC1CCCC(COC(=O)C2CCC3OC3C2)C1)C1CCC2OC2C1. The van der Waals surface area contributed by atoms with E-state index in [1.54, 1.807) is 0 Å². The molecule has 2 heterocycles. The van der Waals surface area contributed by atoms with Gasteiger partial charge in [0.15, 0.2) is 0 Å². The Morgan fingerprint density at radius 3 is 1.61 bits per heavy atom. The minimum atomic E-state index is -0.0413. The van der Waals surface area contributed by atoms with Crippen LogP contribution in [0, 0.1) is 23.7 Å². The van der Waals surface area contributed by atoms with E-state index in [2.05, 4.69) is 0 Å². The van der Waals surface area contributed by atoms with E-state index in [-0.39, 0.29) is 23.8 Å². The first-order valence-corrected chi connectivity index (χ1v) is 11.3. The number of esters is 2. The number of carbonyl (C=O) groups is 2. The van der Waals surface area contributed by atoms with Crippen LogP contribution in [0.5, 0.6) is 0 Å². The second kappa shape index (κ2) is 7.94. The van der Waals surface area contributed by atoms with E-state index in [1.807, 2.05) is 0 Å². The summed E-state index contributed by atoms with van der Waals surface area (Å²) in [5.74, 6) is 0.750. The highest BCUT2D eigenvalue weighted by molar-refractivity contribution is 5.73. The Kier molecular flexibility index (Phi) is 5.35. The molecule has 0 spiro atoms. The predicted octanol–water partition coefficient (Wildman–Crippen LogP) is 3.01. The van der Waals surface area contributed by atoms with Crippen LogP contribution in [0.1, 0.15) is 64.2 Å². The molecule has 0 aromatic carbocycles. The molecule has 2 aliphatic heterocycles. The molecule has 0 aromatic heterocycles. The molecular formula is C22H32O6. The van der Waals surface area contributed by atoms with Crippen molar-refractivity contribution in [3.63, 3.8) is 0 Å².